The Morgan fingerprint density at radius 3 is 2.65 bits per heavy atom. The van der Waals surface area contributed by atoms with Gasteiger partial charge in [-0.1, -0.05) is 18.2 Å². The molecule has 1 aromatic rings. The number of rotatable bonds is 5. The zero-order chi connectivity index (χ0) is 12.9. The monoisotopic (exact) mass is 247 g/mol. The van der Waals surface area contributed by atoms with Crippen LogP contribution in [0.2, 0.25) is 0 Å². The quantitative estimate of drug-likeness (QED) is 0.863. The van der Waals surface area contributed by atoms with Crippen LogP contribution in [0.25, 0.3) is 0 Å². The first-order valence-corrected chi connectivity index (χ1v) is 5.32. The van der Waals surface area contributed by atoms with Gasteiger partial charge in [0.1, 0.15) is 0 Å². The summed E-state index contributed by atoms with van der Waals surface area (Å²) in [5.74, 6) is 0. The van der Waals surface area contributed by atoms with E-state index in [0.29, 0.717) is 18.7 Å². The van der Waals surface area contributed by atoms with Gasteiger partial charge in [0.15, 0.2) is 0 Å². The lowest BCUT2D eigenvalue weighted by molar-refractivity contribution is -0.137. The van der Waals surface area contributed by atoms with Gasteiger partial charge in [0.25, 0.3) is 0 Å². The molecule has 1 rings (SSSR count). The molecule has 5 heteroatoms. The van der Waals surface area contributed by atoms with Crippen molar-refractivity contribution in [1.29, 1.82) is 0 Å². The Bertz CT molecular complexity index is 352. The molecule has 0 aromatic heterocycles. The van der Waals surface area contributed by atoms with Crippen molar-refractivity contribution in [2.75, 3.05) is 13.7 Å². The van der Waals surface area contributed by atoms with E-state index >= 15 is 0 Å². The molecule has 0 aliphatic heterocycles. The molecule has 1 unspecified atom stereocenters. The van der Waals surface area contributed by atoms with Crippen molar-refractivity contribution >= 4 is 0 Å². The Hall–Kier alpha value is -1.07. The highest BCUT2D eigenvalue weighted by Gasteiger charge is 2.30. The molecule has 0 radical (unpaired) electrons. The zero-order valence-electron chi connectivity index (χ0n) is 9.84. The van der Waals surface area contributed by atoms with E-state index in [0.717, 1.165) is 12.1 Å². The van der Waals surface area contributed by atoms with Crippen LogP contribution in [-0.4, -0.2) is 19.8 Å². The highest BCUT2D eigenvalue weighted by molar-refractivity contribution is 5.25. The maximum atomic E-state index is 12.4. The molecule has 96 valence electrons. The van der Waals surface area contributed by atoms with Crippen LogP contribution >= 0.6 is 0 Å². The van der Waals surface area contributed by atoms with E-state index in [4.69, 9.17) is 4.74 Å². The Morgan fingerprint density at radius 1 is 1.35 bits per heavy atom. The summed E-state index contributed by atoms with van der Waals surface area (Å²) in [5, 5.41) is 3.09. The molecule has 0 saturated carbocycles. The number of nitrogens with one attached hydrogen (secondary N) is 1. The van der Waals surface area contributed by atoms with Crippen LogP contribution in [0.4, 0.5) is 13.2 Å². The summed E-state index contributed by atoms with van der Waals surface area (Å²) in [6.07, 6.45) is -4.28. The van der Waals surface area contributed by atoms with Gasteiger partial charge in [0, 0.05) is 19.7 Å². The molecule has 0 saturated heterocycles. The number of alkyl halides is 3. The number of ether oxygens (including phenoxy) is 1. The molecule has 0 aliphatic carbocycles. The van der Waals surface area contributed by atoms with E-state index in [-0.39, 0.29) is 6.04 Å². The fourth-order valence-corrected chi connectivity index (χ4v) is 1.46. The first-order chi connectivity index (χ1) is 7.93. The van der Waals surface area contributed by atoms with Crippen molar-refractivity contribution in [2.24, 2.45) is 0 Å². The van der Waals surface area contributed by atoms with Crippen LogP contribution < -0.4 is 5.32 Å². The van der Waals surface area contributed by atoms with Gasteiger partial charge in [0.05, 0.1) is 12.2 Å². The van der Waals surface area contributed by atoms with E-state index in [1.54, 1.807) is 13.2 Å². The van der Waals surface area contributed by atoms with Crippen molar-refractivity contribution in [3.8, 4) is 0 Å². The molecule has 0 bridgehead atoms. The van der Waals surface area contributed by atoms with Crippen molar-refractivity contribution in [3.63, 3.8) is 0 Å². The second-order valence-corrected chi connectivity index (χ2v) is 3.94. The average Bonchev–Trinajstić information content (AvgIpc) is 2.26. The third-order valence-electron chi connectivity index (χ3n) is 2.33. The molecule has 0 fully saturated rings. The van der Waals surface area contributed by atoms with Gasteiger partial charge < -0.3 is 10.1 Å². The summed E-state index contributed by atoms with van der Waals surface area (Å²) in [6.45, 7) is 2.84. The van der Waals surface area contributed by atoms with E-state index in [9.17, 15) is 13.2 Å². The molecule has 0 amide bonds. The normalized spacial score (nSPS) is 13.7. The van der Waals surface area contributed by atoms with Gasteiger partial charge in [-0.05, 0) is 18.6 Å². The smallest absolute Gasteiger partial charge is 0.383 e. The molecule has 0 heterocycles. The third kappa shape index (κ3) is 4.75. The Labute approximate surface area is 98.8 Å². The number of benzene rings is 1. The highest BCUT2D eigenvalue weighted by atomic mass is 19.4. The van der Waals surface area contributed by atoms with Gasteiger partial charge in [0.2, 0.25) is 0 Å². The fourth-order valence-electron chi connectivity index (χ4n) is 1.46. The van der Waals surface area contributed by atoms with Gasteiger partial charge in [-0.2, -0.15) is 13.2 Å². The molecule has 1 N–H and O–H groups in total. The lowest BCUT2D eigenvalue weighted by Crippen LogP contribution is -2.29. The van der Waals surface area contributed by atoms with Crippen LogP contribution in [0.1, 0.15) is 18.1 Å². The van der Waals surface area contributed by atoms with Crippen molar-refractivity contribution in [3.05, 3.63) is 35.4 Å². The fraction of sp³-hybridized carbons (Fsp3) is 0.500. The molecule has 1 aromatic carbocycles. The van der Waals surface area contributed by atoms with Gasteiger partial charge in [-0.3, -0.25) is 0 Å². The standard InChI is InChI=1S/C12H16F3NO/c1-9(8-17-2)16-7-10-4-3-5-11(6-10)12(13,14)15/h3-6,9,16H,7-8H2,1-2H3. The van der Waals surface area contributed by atoms with Crippen LogP contribution in [0.5, 0.6) is 0 Å². The Morgan fingerprint density at radius 2 is 2.06 bits per heavy atom. The number of hydrogen-bond acceptors (Lipinski definition) is 2. The second kappa shape index (κ2) is 6.02. The van der Waals surface area contributed by atoms with Crippen LogP contribution in [-0.2, 0) is 17.5 Å². The minimum atomic E-state index is -4.28. The molecule has 0 aliphatic rings. The van der Waals surface area contributed by atoms with Gasteiger partial charge >= 0.3 is 6.18 Å². The molecular weight excluding hydrogens is 231 g/mol. The summed E-state index contributed by atoms with van der Waals surface area (Å²) in [7, 11) is 1.59. The minimum absolute atomic E-state index is 0.106. The first kappa shape index (κ1) is 14.0. The summed E-state index contributed by atoms with van der Waals surface area (Å²) in [5.41, 5.74) is -0.000951. The van der Waals surface area contributed by atoms with Crippen molar-refractivity contribution in [1.82, 2.24) is 5.32 Å². The summed E-state index contributed by atoms with van der Waals surface area (Å²) < 4.78 is 42.3. The predicted molar refractivity (Wildman–Crippen MR) is 59.6 cm³/mol. The Balaban J connectivity index is 2.60. The third-order valence-corrected chi connectivity index (χ3v) is 2.33. The number of halogens is 3. The van der Waals surface area contributed by atoms with Gasteiger partial charge in [-0.15, -0.1) is 0 Å². The van der Waals surface area contributed by atoms with E-state index in [2.05, 4.69) is 5.32 Å². The number of hydrogen-bond donors (Lipinski definition) is 1. The van der Waals surface area contributed by atoms with Crippen LogP contribution in [0, 0.1) is 0 Å². The first-order valence-electron chi connectivity index (χ1n) is 5.32. The lowest BCUT2D eigenvalue weighted by Gasteiger charge is -2.13. The average molecular weight is 247 g/mol. The molecule has 0 spiro atoms. The van der Waals surface area contributed by atoms with Crippen LogP contribution in [0.3, 0.4) is 0 Å². The zero-order valence-corrected chi connectivity index (χ0v) is 9.84. The van der Waals surface area contributed by atoms with E-state index in [1.165, 1.54) is 6.07 Å². The molecule has 1 atom stereocenters. The molecule has 17 heavy (non-hydrogen) atoms. The predicted octanol–water partition coefficient (Wildman–Crippen LogP) is 2.83. The maximum absolute atomic E-state index is 12.4. The summed E-state index contributed by atoms with van der Waals surface area (Å²) in [6, 6.07) is 5.42. The summed E-state index contributed by atoms with van der Waals surface area (Å²) >= 11 is 0. The maximum Gasteiger partial charge on any atom is 0.416 e. The highest BCUT2D eigenvalue weighted by Crippen LogP contribution is 2.29. The minimum Gasteiger partial charge on any atom is -0.383 e. The number of methoxy groups -OCH3 is 1. The SMILES string of the molecule is COCC(C)NCc1cccc(C(F)(F)F)c1. The van der Waals surface area contributed by atoms with E-state index in [1.807, 2.05) is 6.92 Å². The largest absolute Gasteiger partial charge is 0.416 e. The van der Waals surface area contributed by atoms with Crippen LogP contribution in [0.15, 0.2) is 24.3 Å². The summed E-state index contributed by atoms with van der Waals surface area (Å²) in [4.78, 5) is 0. The molecule has 2 nitrogen and oxygen atoms in total. The van der Waals surface area contributed by atoms with Gasteiger partial charge in [-0.25, -0.2) is 0 Å². The van der Waals surface area contributed by atoms with E-state index < -0.39 is 11.7 Å². The van der Waals surface area contributed by atoms with Crippen molar-refractivity contribution in [2.45, 2.75) is 25.7 Å². The molecular formula is C12H16F3NO. The van der Waals surface area contributed by atoms with Crippen molar-refractivity contribution < 1.29 is 17.9 Å². The Kier molecular flexibility index (Phi) is 4.96. The second-order valence-electron chi connectivity index (χ2n) is 3.94. The lowest BCUT2D eigenvalue weighted by atomic mass is 10.1. The topological polar surface area (TPSA) is 21.3 Å².